The summed E-state index contributed by atoms with van der Waals surface area (Å²) in [6.45, 7) is 8.90. The second-order valence-electron chi connectivity index (χ2n) is 8.32. The van der Waals surface area contributed by atoms with Crippen LogP contribution in [-0.2, 0) is 11.3 Å². The van der Waals surface area contributed by atoms with Gasteiger partial charge in [-0.05, 0) is 44.3 Å². The van der Waals surface area contributed by atoms with Crippen molar-refractivity contribution >= 4 is 23.8 Å². The van der Waals surface area contributed by atoms with E-state index in [1.807, 2.05) is 37.3 Å². The predicted octanol–water partition coefficient (Wildman–Crippen LogP) is 3.24. The van der Waals surface area contributed by atoms with Crippen molar-refractivity contribution < 1.29 is 4.79 Å². The monoisotopic (exact) mass is 450 g/mol. The fraction of sp³-hybridized carbons (Fsp3) is 0.375. The van der Waals surface area contributed by atoms with Gasteiger partial charge in [-0.25, -0.2) is 0 Å². The number of piperazine rings is 1. The fourth-order valence-corrected chi connectivity index (χ4v) is 4.32. The van der Waals surface area contributed by atoms with E-state index in [-0.39, 0.29) is 18.5 Å². The zero-order chi connectivity index (χ0) is 22.5. The summed E-state index contributed by atoms with van der Waals surface area (Å²) in [5.41, 5.74) is 3.35. The molecule has 1 aromatic heterocycles. The first-order valence-corrected chi connectivity index (χ1v) is 11.4. The summed E-state index contributed by atoms with van der Waals surface area (Å²) >= 11 is 5.37. The quantitative estimate of drug-likeness (QED) is 0.541. The van der Waals surface area contributed by atoms with E-state index < -0.39 is 0 Å². The van der Waals surface area contributed by atoms with Crippen molar-refractivity contribution in [2.45, 2.75) is 26.4 Å². The molecule has 1 saturated heterocycles. The molecule has 1 fully saturated rings. The highest BCUT2D eigenvalue weighted by Gasteiger charge is 2.22. The van der Waals surface area contributed by atoms with E-state index in [1.54, 1.807) is 4.57 Å². The van der Waals surface area contributed by atoms with Gasteiger partial charge in [-0.1, -0.05) is 42.0 Å². The van der Waals surface area contributed by atoms with Gasteiger partial charge in [0.05, 0.1) is 0 Å². The molecule has 2 N–H and O–H groups in total. The minimum atomic E-state index is -0.0637. The van der Waals surface area contributed by atoms with Crippen LogP contribution in [0.1, 0.15) is 12.5 Å². The molecule has 8 heteroatoms. The summed E-state index contributed by atoms with van der Waals surface area (Å²) in [4.78, 5) is 17.5. The molecule has 0 saturated carbocycles. The summed E-state index contributed by atoms with van der Waals surface area (Å²) < 4.78 is 2.20. The molecule has 3 aromatic rings. The van der Waals surface area contributed by atoms with Gasteiger partial charge >= 0.3 is 0 Å². The number of para-hydroxylation sites is 1. The molecule has 1 unspecified atom stereocenters. The molecule has 2 heterocycles. The van der Waals surface area contributed by atoms with Crippen LogP contribution in [0.15, 0.2) is 54.6 Å². The molecule has 7 nitrogen and oxygen atoms in total. The van der Waals surface area contributed by atoms with E-state index >= 15 is 0 Å². The molecule has 168 valence electrons. The molecule has 1 amide bonds. The van der Waals surface area contributed by atoms with Crippen LogP contribution in [0.2, 0.25) is 0 Å². The highest BCUT2D eigenvalue weighted by atomic mass is 32.1. The summed E-state index contributed by atoms with van der Waals surface area (Å²) in [5.74, 6) is 0.616. The lowest BCUT2D eigenvalue weighted by molar-refractivity contribution is -0.121. The number of amides is 1. The van der Waals surface area contributed by atoms with Crippen LogP contribution >= 0.6 is 12.2 Å². The summed E-state index contributed by atoms with van der Waals surface area (Å²) in [7, 11) is 0. The van der Waals surface area contributed by atoms with Crippen molar-refractivity contribution in [1.82, 2.24) is 25.0 Å². The largest absolute Gasteiger partial charge is 0.369 e. The van der Waals surface area contributed by atoms with Crippen LogP contribution in [-0.4, -0.2) is 64.3 Å². The lowest BCUT2D eigenvalue weighted by Crippen LogP contribution is -2.52. The Morgan fingerprint density at radius 3 is 2.59 bits per heavy atom. The Hall–Kier alpha value is -2.97. The molecule has 1 aliphatic heterocycles. The van der Waals surface area contributed by atoms with Gasteiger partial charge in [0.1, 0.15) is 6.54 Å². The Labute approximate surface area is 194 Å². The number of hydrogen-bond donors (Lipinski definition) is 2. The van der Waals surface area contributed by atoms with Gasteiger partial charge in [0.2, 0.25) is 5.91 Å². The molecule has 32 heavy (non-hydrogen) atoms. The molecule has 2 aromatic carbocycles. The van der Waals surface area contributed by atoms with Gasteiger partial charge < -0.3 is 10.2 Å². The summed E-state index contributed by atoms with van der Waals surface area (Å²) in [6.07, 6.45) is 0. The van der Waals surface area contributed by atoms with E-state index in [2.05, 4.69) is 56.5 Å². The Morgan fingerprint density at radius 2 is 1.88 bits per heavy atom. The number of aromatic nitrogens is 3. The highest BCUT2D eigenvalue weighted by molar-refractivity contribution is 7.71. The van der Waals surface area contributed by atoms with Gasteiger partial charge in [-0.2, -0.15) is 5.10 Å². The van der Waals surface area contributed by atoms with E-state index in [0.717, 1.165) is 37.3 Å². The highest BCUT2D eigenvalue weighted by Crippen LogP contribution is 2.19. The Morgan fingerprint density at radius 1 is 1.12 bits per heavy atom. The van der Waals surface area contributed by atoms with Crippen molar-refractivity contribution in [3.8, 4) is 11.4 Å². The number of aromatic amines is 1. The van der Waals surface area contributed by atoms with Crippen LogP contribution in [0.25, 0.3) is 11.4 Å². The minimum Gasteiger partial charge on any atom is -0.369 e. The maximum absolute atomic E-state index is 12.7. The fourth-order valence-electron chi connectivity index (χ4n) is 4.12. The summed E-state index contributed by atoms with van der Waals surface area (Å²) in [6, 6.07) is 18.8. The third-order valence-electron chi connectivity index (χ3n) is 5.99. The van der Waals surface area contributed by atoms with Crippen molar-refractivity contribution in [3.63, 3.8) is 0 Å². The second kappa shape index (κ2) is 10.1. The van der Waals surface area contributed by atoms with Crippen LogP contribution in [0.5, 0.6) is 0 Å². The number of benzene rings is 2. The maximum Gasteiger partial charge on any atom is 0.240 e. The van der Waals surface area contributed by atoms with Crippen LogP contribution in [0, 0.1) is 11.7 Å². The molecular weight excluding hydrogens is 420 g/mol. The van der Waals surface area contributed by atoms with Gasteiger partial charge in [0.15, 0.2) is 10.6 Å². The van der Waals surface area contributed by atoms with Crippen molar-refractivity contribution in [1.29, 1.82) is 0 Å². The number of rotatable bonds is 7. The molecule has 0 aliphatic carbocycles. The first-order chi connectivity index (χ1) is 15.5. The zero-order valence-corrected chi connectivity index (χ0v) is 19.4. The summed E-state index contributed by atoms with van der Waals surface area (Å²) in [5, 5.41) is 10.2. The average Bonchev–Trinajstić information content (AvgIpc) is 3.18. The van der Waals surface area contributed by atoms with Gasteiger partial charge in [0, 0.05) is 50.0 Å². The normalized spacial score (nSPS) is 15.5. The number of carbonyl (C=O) groups is 1. The minimum absolute atomic E-state index is 0.0637. The Kier molecular flexibility index (Phi) is 7.02. The Bertz CT molecular complexity index is 1100. The first-order valence-electron chi connectivity index (χ1n) is 11.0. The van der Waals surface area contributed by atoms with E-state index in [0.29, 0.717) is 17.1 Å². The molecule has 0 radical (unpaired) electrons. The zero-order valence-electron chi connectivity index (χ0n) is 18.6. The number of nitrogens with zero attached hydrogens (tertiary/aromatic N) is 4. The third-order valence-corrected chi connectivity index (χ3v) is 6.30. The molecule has 1 atom stereocenters. The van der Waals surface area contributed by atoms with E-state index in [1.165, 1.54) is 5.69 Å². The molecule has 4 rings (SSSR count). The first kappa shape index (κ1) is 22.2. The second-order valence-corrected chi connectivity index (χ2v) is 8.71. The number of anilines is 1. The molecule has 0 bridgehead atoms. The van der Waals surface area contributed by atoms with Gasteiger partial charge in [-0.15, -0.1) is 0 Å². The van der Waals surface area contributed by atoms with Gasteiger partial charge in [0.25, 0.3) is 0 Å². The predicted molar refractivity (Wildman–Crippen MR) is 130 cm³/mol. The topological polar surface area (TPSA) is 69.2 Å². The van der Waals surface area contributed by atoms with Crippen molar-refractivity contribution in [2.75, 3.05) is 37.6 Å². The number of aryl methyl sites for hydroxylation is 1. The lowest BCUT2D eigenvalue weighted by Gasteiger charge is -2.39. The molecule has 0 spiro atoms. The van der Waals surface area contributed by atoms with Crippen molar-refractivity contribution in [3.05, 3.63) is 64.9 Å². The third kappa shape index (κ3) is 5.26. The number of H-pyrrole nitrogens is 1. The average molecular weight is 451 g/mol. The van der Waals surface area contributed by atoms with Crippen LogP contribution < -0.4 is 10.2 Å². The number of hydrogen-bond acceptors (Lipinski definition) is 5. The number of nitrogens with one attached hydrogen (secondary N) is 2. The smallest absolute Gasteiger partial charge is 0.240 e. The maximum atomic E-state index is 12.7. The van der Waals surface area contributed by atoms with Crippen molar-refractivity contribution in [2.24, 2.45) is 0 Å². The number of carbonyl (C=O) groups excluding carboxylic acids is 1. The van der Waals surface area contributed by atoms with E-state index in [9.17, 15) is 4.79 Å². The standard InChI is InChI=1S/C24H30N6OS/c1-18-7-6-8-20(15-18)23-26-27-24(32)30(23)17-22(31)25-16-19(2)28-11-13-29(14-12-28)21-9-4-3-5-10-21/h3-10,15,19H,11-14,16-17H2,1-2H3,(H,25,31)(H,27,32). The van der Waals surface area contributed by atoms with Gasteiger partial charge in [-0.3, -0.25) is 19.4 Å². The van der Waals surface area contributed by atoms with E-state index in [4.69, 9.17) is 12.2 Å². The van der Waals surface area contributed by atoms with Crippen LogP contribution in [0.4, 0.5) is 5.69 Å². The molecular formula is C24H30N6OS. The Balaban J connectivity index is 1.30. The lowest BCUT2D eigenvalue weighted by atomic mass is 10.1. The molecule has 1 aliphatic rings. The SMILES string of the molecule is Cc1cccc(-c2n[nH]c(=S)n2CC(=O)NCC(C)N2CCN(c3ccccc3)CC2)c1. The van der Waals surface area contributed by atoms with Crippen LogP contribution in [0.3, 0.4) is 0 Å².